The molecule has 0 atom stereocenters. The number of aromatic nitrogens is 2. The molecule has 0 bridgehead atoms. The van der Waals surface area contributed by atoms with Crippen LogP contribution in [0.4, 0.5) is 19.0 Å². The van der Waals surface area contributed by atoms with Crippen molar-refractivity contribution < 1.29 is 13.2 Å². The van der Waals surface area contributed by atoms with Crippen molar-refractivity contribution in [2.24, 2.45) is 0 Å². The minimum Gasteiger partial charge on any atom is -0.383 e. The van der Waals surface area contributed by atoms with Crippen LogP contribution in [-0.2, 0) is 6.54 Å². The van der Waals surface area contributed by atoms with Gasteiger partial charge in [-0.15, -0.1) is 0 Å². The van der Waals surface area contributed by atoms with Gasteiger partial charge in [0, 0.05) is 4.90 Å². The molecule has 1 aromatic carbocycles. The first kappa shape index (κ1) is 14.3. The largest absolute Gasteiger partial charge is 0.446 e. The zero-order chi connectivity index (χ0) is 14.0. The van der Waals surface area contributed by atoms with Gasteiger partial charge in [0.2, 0.25) is 0 Å². The Morgan fingerprint density at radius 3 is 2.37 bits per heavy atom. The van der Waals surface area contributed by atoms with Gasteiger partial charge in [-0.05, 0) is 45.4 Å². The van der Waals surface area contributed by atoms with Gasteiger partial charge in [-0.1, -0.05) is 12.1 Å². The number of anilines is 1. The van der Waals surface area contributed by atoms with Gasteiger partial charge in [-0.3, -0.25) is 0 Å². The molecule has 1 aromatic heterocycles. The summed E-state index contributed by atoms with van der Waals surface area (Å²) in [6.45, 7) is 0.411. The summed E-state index contributed by atoms with van der Waals surface area (Å²) in [5, 5.41) is 4.05. The molecule has 0 aliphatic heterocycles. The highest BCUT2D eigenvalue weighted by molar-refractivity contribution is 9.10. The molecule has 2 rings (SSSR count). The molecule has 2 aromatic rings. The van der Waals surface area contributed by atoms with Crippen LogP contribution in [-0.4, -0.2) is 15.3 Å². The van der Waals surface area contributed by atoms with Crippen molar-refractivity contribution >= 4 is 33.5 Å². The maximum Gasteiger partial charge on any atom is 0.446 e. The molecule has 0 fully saturated rings. The van der Waals surface area contributed by atoms with Gasteiger partial charge in [-0.2, -0.15) is 18.3 Å². The van der Waals surface area contributed by atoms with E-state index in [0.29, 0.717) is 16.8 Å². The molecule has 0 amide bonds. The van der Waals surface area contributed by atoms with Gasteiger partial charge in [0.1, 0.15) is 5.82 Å². The second-order valence-electron chi connectivity index (χ2n) is 3.73. The lowest BCUT2D eigenvalue weighted by atomic mass is 10.2. The summed E-state index contributed by atoms with van der Waals surface area (Å²) in [5.41, 5.74) is 2.33. The highest BCUT2D eigenvalue weighted by Crippen LogP contribution is 2.36. The Kier molecular flexibility index (Phi) is 4.10. The lowest BCUT2D eigenvalue weighted by molar-refractivity contribution is -0.0328. The Labute approximate surface area is 120 Å². The fraction of sp³-hybridized carbons (Fsp3) is 0.182. The molecule has 102 valence electrons. The van der Waals surface area contributed by atoms with Crippen molar-refractivity contribution in [1.29, 1.82) is 0 Å². The summed E-state index contributed by atoms with van der Waals surface area (Å²) < 4.78 is 38.8. The number of hydrogen-bond acceptors (Lipinski definition) is 3. The van der Waals surface area contributed by atoms with Crippen molar-refractivity contribution in [2.45, 2.75) is 16.9 Å². The molecular weight excluding hydrogens is 343 g/mol. The van der Waals surface area contributed by atoms with Crippen LogP contribution in [0.5, 0.6) is 0 Å². The lowest BCUT2D eigenvalue weighted by Gasteiger charge is -2.07. The summed E-state index contributed by atoms with van der Waals surface area (Å²) in [4.78, 5) is 0.158. The maximum atomic E-state index is 12.2. The van der Waals surface area contributed by atoms with Crippen LogP contribution in [0.1, 0.15) is 5.56 Å². The monoisotopic (exact) mass is 351 g/mol. The highest BCUT2D eigenvalue weighted by Gasteiger charge is 2.28. The van der Waals surface area contributed by atoms with Gasteiger partial charge in [0.05, 0.1) is 17.2 Å². The third-order valence-electron chi connectivity index (χ3n) is 2.32. The predicted molar refractivity (Wildman–Crippen MR) is 71.8 cm³/mol. The number of halogens is 4. The Hall–Kier alpha value is -1.15. The van der Waals surface area contributed by atoms with Crippen LogP contribution in [0, 0.1) is 0 Å². The van der Waals surface area contributed by atoms with Crippen molar-refractivity contribution in [1.82, 2.24) is 9.78 Å². The first-order chi connectivity index (χ1) is 8.85. The third kappa shape index (κ3) is 3.90. The average molecular weight is 352 g/mol. The van der Waals surface area contributed by atoms with E-state index < -0.39 is 5.51 Å². The van der Waals surface area contributed by atoms with Crippen LogP contribution in [0.3, 0.4) is 0 Å². The van der Waals surface area contributed by atoms with E-state index in [1.165, 1.54) is 12.1 Å². The molecule has 0 spiro atoms. The van der Waals surface area contributed by atoms with E-state index in [1.807, 2.05) is 0 Å². The number of nitrogen functional groups attached to an aromatic ring is 1. The van der Waals surface area contributed by atoms with Crippen LogP contribution >= 0.6 is 27.7 Å². The molecule has 0 saturated carbocycles. The number of nitrogens with two attached hydrogens (primary N) is 1. The number of thioether (sulfide) groups is 1. The van der Waals surface area contributed by atoms with E-state index in [4.69, 9.17) is 5.73 Å². The van der Waals surface area contributed by atoms with E-state index in [-0.39, 0.29) is 16.7 Å². The molecule has 0 saturated heterocycles. The van der Waals surface area contributed by atoms with Crippen molar-refractivity contribution in [2.75, 3.05) is 5.73 Å². The molecule has 19 heavy (non-hydrogen) atoms. The van der Waals surface area contributed by atoms with Crippen LogP contribution in [0.15, 0.2) is 39.8 Å². The molecule has 0 aliphatic carbocycles. The van der Waals surface area contributed by atoms with Crippen molar-refractivity contribution in [3.8, 4) is 0 Å². The Balaban J connectivity index is 2.09. The first-order valence-corrected chi connectivity index (χ1v) is 6.77. The zero-order valence-corrected chi connectivity index (χ0v) is 11.9. The Bertz CT molecular complexity index is 566. The van der Waals surface area contributed by atoms with E-state index in [9.17, 15) is 13.2 Å². The van der Waals surface area contributed by atoms with Crippen LogP contribution in [0.2, 0.25) is 0 Å². The second kappa shape index (κ2) is 5.46. The molecule has 3 nitrogen and oxygen atoms in total. The number of alkyl halides is 3. The number of hydrogen-bond donors (Lipinski definition) is 1. The molecule has 8 heteroatoms. The summed E-state index contributed by atoms with van der Waals surface area (Å²) >= 11 is 3.11. The van der Waals surface area contributed by atoms with E-state index in [0.717, 1.165) is 5.56 Å². The van der Waals surface area contributed by atoms with Crippen molar-refractivity contribution in [3.05, 3.63) is 40.5 Å². The van der Waals surface area contributed by atoms with E-state index in [1.54, 1.807) is 23.0 Å². The average Bonchev–Trinajstić information content (AvgIpc) is 2.62. The molecular formula is C11H9BrF3N3S. The molecule has 2 N–H and O–H groups in total. The van der Waals surface area contributed by atoms with Gasteiger partial charge >= 0.3 is 5.51 Å². The topological polar surface area (TPSA) is 43.8 Å². The smallest absolute Gasteiger partial charge is 0.383 e. The second-order valence-corrected chi connectivity index (χ2v) is 5.72. The number of rotatable bonds is 3. The SMILES string of the molecule is Nc1c(Br)cnn1Cc1ccc(SC(F)(F)F)cc1. The Morgan fingerprint density at radius 1 is 1.26 bits per heavy atom. The minimum absolute atomic E-state index is 0.132. The van der Waals surface area contributed by atoms with Gasteiger partial charge in [-0.25, -0.2) is 4.68 Å². The standard InChI is InChI=1S/C11H9BrF3N3S/c12-9-5-17-18(10(9)16)6-7-1-3-8(4-2-7)19-11(13,14)15/h1-5H,6,16H2. The summed E-state index contributed by atoms with van der Waals surface area (Å²) in [5.74, 6) is 0.480. The fourth-order valence-electron chi connectivity index (χ4n) is 1.47. The van der Waals surface area contributed by atoms with E-state index in [2.05, 4.69) is 21.0 Å². The fourth-order valence-corrected chi connectivity index (χ4v) is 2.30. The zero-order valence-electron chi connectivity index (χ0n) is 9.49. The minimum atomic E-state index is -4.27. The van der Waals surface area contributed by atoms with Crippen LogP contribution < -0.4 is 5.73 Å². The number of nitrogens with zero attached hydrogens (tertiary/aromatic N) is 2. The predicted octanol–water partition coefficient (Wildman–Crippen LogP) is 3.89. The molecule has 0 unspecified atom stereocenters. The summed E-state index contributed by atoms with van der Waals surface area (Å²) in [7, 11) is 0. The summed E-state index contributed by atoms with van der Waals surface area (Å²) in [6, 6.07) is 6.12. The van der Waals surface area contributed by atoms with E-state index >= 15 is 0 Å². The third-order valence-corrected chi connectivity index (χ3v) is 3.67. The van der Waals surface area contributed by atoms with Gasteiger partial charge < -0.3 is 5.73 Å². The highest BCUT2D eigenvalue weighted by atomic mass is 79.9. The number of benzene rings is 1. The molecule has 0 aliphatic rings. The van der Waals surface area contributed by atoms with Crippen molar-refractivity contribution in [3.63, 3.8) is 0 Å². The maximum absolute atomic E-state index is 12.2. The van der Waals surface area contributed by atoms with Gasteiger partial charge in [0.25, 0.3) is 0 Å². The summed E-state index contributed by atoms with van der Waals surface area (Å²) in [6.07, 6.45) is 1.57. The quantitative estimate of drug-likeness (QED) is 0.853. The molecule has 1 heterocycles. The lowest BCUT2D eigenvalue weighted by Crippen LogP contribution is -2.06. The van der Waals surface area contributed by atoms with Gasteiger partial charge in [0.15, 0.2) is 0 Å². The molecule has 0 radical (unpaired) electrons. The normalized spacial score (nSPS) is 11.8. The first-order valence-electron chi connectivity index (χ1n) is 5.16. The van der Waals surface area contributed by atoms with Crippen LogP contribution in [0.25, 0.3) is 0 Å². The Morgan fingerprint density at radius 2 is 1.89 bits per heavy atom.